The number of primary amides is 1. The van der Waals surface area contributed by atoms with Crippen molar-refractivity contribution in [2.24, 2.45) is 5.73 Å². The summed E-state index contributed by atoms with van der Waals surface area (Å²) in [5.41, 5.74) is 4.70. The van der Waals surface area contributed by atoms with Crippen LogP contribution in [0.4, 0.5) is 13.2 Å². The Labute approximate surface area is 140 Å². The largest absolute Gasteiger partial charge is 0.461 e. The molecular weight excluding hydrogens is 339 g/mol. The smallest absolute Gasteiger partial charge is 0.416 e. The Morgan fingerprint density at radius 3 is 2.36 bits per heavy atom. The summed E-state index contributed by atoms with van der Waals surface area (Å²) < 4.78 is 42.5. The summed E-state index contributed by atoms with van der Waals surface area (Å²) in [7, 11) is 0. The fourth-order valence-electron chi connectivity index (χ4n) is 2.05. The van der Waals surface area contributed by atoms with Gasteiger partial charge in [0.2, 0.25) is 0 Å². The molecule has 2 rings (SSSR count). The molecule has 2 aromatic rings. The molecule has 0 unspecified atom stereocenters. The van der Waals surface area contributed by atoms with Gasteiger partial charge < -0.3 is 10.5 Å². The van der Waals surface area contributed by atoms with Gasteiger partial charge >= 0.3 is 12.1 Å². The van der Waals surface area contributed by atoms with Gasteiger partial charge in [0.05, 0.1) is 24.1 Å². The van der Waals surface area contributed by atoms with E-state index < -0.39 is 23.6 Å². The van der Waals surface area contributed by atoms with Crippen LogP contribution in [-0.4, -0.2) is 28.5 Å². The average molecular weight is 353 g/mol. The number of hydrogen-bond donors (Lipinski definition) is 1. The van der Waals surface area contributed by atoms with E-state index in [0.717, 1.165) is 18.3 Å². The number of hydrogen-bond acceptors (Lipinski definition) is 5. The number of esters is 1. The summed E-state index contributed by atoms with van der Waals surface area (Å²) in [5.74, 6) is -1.65. The van der Waals surface area contributed by atoms with Crippen LogP contribution >= 0.6 is 0 Å². The summed E-state index contributed by atoms with van der Waals surface area (Å²) in [5, 5.41) is 0. The molecule has 1 aromatic carbocycles. The van der Waals surface area contributed by atoms with Crippen LogP contribution in [0.15, 0.2) is 30.5 Å². The minimum Gasteiger partial charge on any atom is -0.461 e. The first-order chi connectivity index (χ1) is 11.7. The van der Waals surface area contributed by atoms with Crippen molar-refractivity contribution in [2.75, 3.05) is 6.61 Å². The number of carbonyl (C=O) groups excluding carboxylic acids is 2. The lowest BCUT2D eigenvalue weighted by molar-refractivity contribution is -0.137. The quantitative estimate of drug-likeness (QED) is 0.833. The molecule has 132 valence electrons. The number of carbonyl (C=O) groups is 2. The van der Waals surface area contributed by atoms with Crippen LogP contribution in [0, 0.1) is 0 Å². The standard InChI is InChI=1S/C16H14F3N3O3/c1-2-25-15(24)12-8-21-11(13(22-12)14(20)23)7-9-3-5-10(6-4-9)16(17,18)19/h3-6,8H,2,7H2,1H3,(H2,20,23). The van der Waals surface area contributed by atoms with Crippen LogP contribution in [0.1, 0.15) is 44.7 Å². The molecule has 25 heavy (non-hydrogen) atoms. The molecule has 0 bridgehead atoms. The molecule has 0 aliphatic carbocycles. The number of halogens is 3. The SMILES string of the molecule is CCOC(=O)c1cnc(Cc2ccc(C(F)(F)F)cc2)c(C(N)=O)n1. The number of nitrogens with zero attached hydrogens (tertiary/aromatic N) is 2. The fraction of sp³-hybridized carbons (Fsp3) is 0.250. The first-order valence-electron chi connectivity index (χ1n) is 7.21. The first kappa shape index (κ1) is 18.4. The van der Waals surface area contributed by atoms with Crippen LogP contribution < -0.4 is 5.73 Å². The van der Waals surface area contributed by atoms with Gasteiger partial charge in [-0.3, -0.25) is 9.78 Å². The minimum absolute atomic E-state index is 0.0342. The van der Waals surface area contributed by atoms with E-state index in [0.29, 0.717) is 5.56 Å². The number of rotatable bonds is 5. The molecule has 6 nitrogen and oxygen atoms in total. The highest BCUT2D eigenvalue weighted by molar-refractivity contribution is 5.94. The molecule has 0 aliphatic heterocycles. The lowest BCUT2D eigenvalue weighted by atomic mass is 10.1. The van der Waals surface area contributed by atoms with Gasteiger partial charge in [-0.1, -0.05) is 12.1 Å². The normalized spacial score (nSPS) is 11.2. The van der Waals surface area contributed by atoms with Crippen LogP contribution in [0.3, 0.4) is 0 Å². The molecule has 0 fully saturated rings. The van der Waals surface area contributed by atoms with Gasteiger partial charge in [-0.15, -0.1) is 0 Å². The Kier molecular flexibility index (Phi) is 5.35. The number of nitrogens with two attached hydrogens (primary N) is 1. The Hall–Kier alpha value is -2.97. The summed E-state index contributed by atoms with van der Waals surface area (Å²) >= 11 is 0. The van der Waals surface area contributed by atoms with Crippen molar-refractivity contribution in [1.82, 2.24) is 9.97 Å². The Morgan fingerprint density at radius 2 is 1.84 bits per heavy atom. The molecular formula is C16H14F3N3O3. The molecule has 0 spiro atoms. The molecule has 1 amide bonds. The van der Waals surface area contributed by atoms with Gasteiger partial charge in [0.15, 0.2) is 11.4 Å². The molecule has 0 aliphatic rings. The monoisotopic (exact) mass is 353 g/mol. The van der Waals surface area contributed by atoms with Crippen molar-refractivity contribution < 1.29 is 27.5 Å². The van der Waals surface area contributed by atoms with Crippen molar-refractivity contribution >= 4 is 11.9 Å². The highest BCUT2D eigenvalue weighted by Gasteiger charge is 2.30. The molecule has 2 N–H and O–H groups in total. The maximum absolute atomic E-state index is 12.6. The van der Waals surface area contributed by atoms with Gasteiger partial charge in [-0.05, 0) is 24.6 Å². The van der Waals surface area contributed by atoms with Crippen molar-refractivity contribution in [2.45, 2.75) is 19.5 Å². The Morgan fingerprint density at radius 1 is 1.20 bits per heavy atom. The van der Waals surface area contributed by atoms with Crippen molar-refractivity contribution in [3.05, 3.63) is 58.7 Å². The van der Waals surface area contributed by atoms with E-state index in [1.54, 1.807) is 6.92 Å². The Balaban J connectivity index is 2.29. The third-order valence-electron chi connectivity index (χ3n) is 3.22. The van der Waals surface area contributed by atoms with Crippen molar-refractivity contribution in [3.8, 4) is 0 Å². The number of ether oxygens (including phenoxy) is 1. The van der Waals surface area contributed by atoms with Crippen LogP contribution in [0.25, 0.3) is 0 Å². The zero-order valence-electron chi connectivity index (χ0n) is 13.1. The van der Waals surface area contributed by atoms with E-state index in [9.17, 15) is 22.8 Å². The first-order valence-corrected chi connectivity index (χ1v) is 7.21. The van der Waals surface area contributed by atoms with Crippen molar-refractivity contribution in [3.63, 3.8) is 0 Å². The second-order valence-electron chi connectivity index (χ2n) is 5.01. The van der Waals surface area contributed by atoms with Crippen LogP contribution in [0.2, 0.25) is 0 Å². The van der Waals surface area contributed by atoms with Crippen LogP contribution in [-0.2, 0) is 17.3 Å². The van der Waals surface area contributed by atoms with E-state index >= 15 is 0 Å². The molecule has 0 saturated carbocycles. The van der Waals surface area contributed by atoms with E-state index in [2.05, 4.69) is 9.97 Å². The summed E-state index contributed by atoms with van der Waals surface area (Å²) in [6.45, 7) is 1.74. The van der Waals surface area contributed by atoms with E-state index in [-0.39, 0.29) is 30.1 Å². The van der Waals surface area contributed by atoms with E-state index in [1.165, 1.54) is 12.1 Å². The average Bonchev–Trinajstić information content (AvgIpc) is 2.55. The second-order valence-corrected chi connectivity index (χ2v) is 5.01. The molecule has 9 heteroatoms. The van der Waals surface area contributed by atoms with Gasteiger partial charge in [0.25, 0.3) is 5.91 Å². The zero-order chi connectivity index (χ0) is 18.6. The summed E-state index contributed by atoms with van der Waals surface area (Å²) in [4.78, 5) is 31.0. The van der Waals surface area contributed by atoms with E-state index in [4.69, 9.17) is 10.5 Å². The molecule has 0 saturated heterocycles. The third-order valence-corrected chi connectivity index (χ3v) is 3.22. The van der Waals surface area contributed by atoms with Gasteiger partial charge in [0.1, 0.15) is 0 Å². The maximum Gasteiger partial charge on any atom is 0.416 e. The van der Waals surface area contributed by atoms with Crippen LogP contribution in [0.5, 0.6) is 0 Å². The Bertz CT molecular complexity index is 789. The molecule has 1 heterocycles. The third kappa shape index (κ3) is 4.52. The highest BCUT2D eigenvalue weighted by atomic mass is 19.4. The lowest BCUT2D eigenvalue weighted by Crippen LogP contribution is -2.20. The van der Waals surface area contributed by atoms with E-state index in [1.807, 2.05) is 0 Å². The lowest BCUT2D eigenvalue weighted by Gasteiger charge is -2.09. The highest BCUT2D eigenvalue weighted by Crippen LogP contribution is 2.29. The molecule has 1 aromatic heterocycles. The predicted octanol–water partition coefficient (Wildman–Crippen LogP) is 2.36. The number of benzene rings is 1. The second kappa shape index (κ2) is 7.29. The topological polar surface area (TPSA) is 95.2 Å². The molecule has 0 radical (unpaired) electrons. The summed E-state index contributed by atoms with van der Waals surface area (Å²) in [6, 6.07) is 4.41. The predicted molar refractivity (Wildman–Crippen MR) is 80.8 cm³/mol. The number of amides is 1. The van der Waals surface area contributed by atoms with Gasteiger partial charge in [0, 0.05) is 6.42 Å². The fourth-order valence-corrected chi connectivity index (χ4v) is 2.05. The van der Waals surface area contributed by atoms with Gasteiger partial charge in [-0.25, -0.2) is 9.78 Å². The van der Waals surface area contributed by atoms with Gasteiger partial charge in [-0.2, -0.15) is 13.2 Å². The minimum atomic E-state index is -4.43. The maximum atomic E-state index is 12.6. The number of aromatic nitrogens is 2. The van der Waals surface area contributed by atoms with Crippen molar-refractivity contribution in [1.29, 1.82) is 0 Å². The summed E-state index contributed by atoms with van der Waals surface area (Å²) in [6.07, 6.45) is -3.27. The number of alkyl halides is 3. The molecule has 0 atom stereocenters. The zero-order valence-corrected chi connectivity index (χ0v) is 13.1.